The van der Waals surface area contributed by atoms with Gasteiger partial charge in [-0.1, -0.05) is 59.8 Å². The Bertz CT molecular complexity index is 552. The monoisotopic (exact) mass is 355 g/mol. The standard InChI is InChI=1S/C16H19BrClNO/c1-16(5-3-2-4-6-16)15(17)11-7-10-8-14(20)19-13(10)9-12(11)18/h7,9,15H,2-6,8H2,1H3,(H,19,20). The Morgan fingerprint density at radius 3 is 2.70 bits per heavy atom. The summed E-state index contributed by atoms with van der Waals surface area (Å²) < 4.78 is 0. The topological polar surface area (TPSA) is 29.1 Å². The second-order valence-electron chi connectivity index (χ2n) is 6.33. The molecule has 0 radical (unpaired) electrons. The molecule has 1 N–H and O–H groups in total. The molecule has 1 unspecified atom stereocenters. The summed E-state index contributed by atoms with van der Waals surface area (Å²) in [7, 11) is 0. The van der Waals surface area contributed by atoms with Crippen molar-refractivity contribution in [1.29, 1.82) is 0 Å². The summed E-state index contributed by atoms with van der Waals surface area (Å²) in [6, 6.07) is 4.01. The second-order valence-corrected chi connectivity index (χ2v) is 7.66. The number of rotatable bonds is 2. The van der Waals surface area contributed by atoms with Gasteiger partial charge in [-0.3, -0.25) is 4.79 Å². The van der Waals surface area contributed by atoms with Crippen LogP contribution in [0.2, 0.25) is 5.02 Å². The zero-order valence-corrected chi connectivity index (χ0v) is 14.0. The molecule has 0 aromatic heterocycles. The highest BCUT2D eigenvalue weighted by molar-refractivity contribution is 9.09. The molecule has 2 nitrogen and oxygen atoms in total. The van der Waals surface area contributed by atoms with Gasteiger partial charge in [0.25, 0.3) is 0 Å². The Morgan fingerprint density at radius 1 is 1.30 bits per heavy atom. The molecule has 2 aliphatic rings. The minimum atomic E-state index is 0.0585. The number of alkyl halides is 1. The molecular weight excluding hydrogens is 338 g/mol. The fraction of sp³-hybridized carbons (Fsp3) is 0.562. The maximum atomic E-state index is 11.5. The van der Waals surface area contributed by atoms with Crippen molar-refractivity contribution >= 4 is 39.1 Å². The summed E-state index contributed by atoms with van der Waals surface area (Å²) in [5.74, 6) is 0.0585. The first kappa shape index (κ1) is 14.4. The fourth-order valence-corrected chi connectivity index (χ4v) is 4.69. The van der Waals surface area contributed by atoms with Crippen LogP contribution in [0.25, 0.3) is 0 Å². The Balaban J connectivity index is 1.94. The number of halogens is 2. The van der Waals surface area contributed by atoms with Crippen LogP contribution in [-0.2, 0) is 11.2 Å². The van der Waals surface area contributed by atoms with Crippen molar-refractivity contribution in [3.05, 3.63) is 28.3 Å². The molecule has 20 heavy (non-hydrogen) atoms. The third kappa shape index (κ3) is 2.50. The van der Waals surface area contributed by atoms with E-state index in [1.807, 2.05) is 6.07 Å². The van der Waals surface area contributed by atoms with Crippen LogP contribution in [0.1, 0.15) is 55.0 Å². The minimum absolute atomic E-state index is 0.0585. The molecule has 0 spiro atoms. The molecule has 1 aliphatic heterocycles. The Labute approximate surface area is 133 Å². The molecule has 0 saturated heterocycles. The van der Waals surface area contributed by atoms with Gasteiger partial charge < -0.3 is 5.32 Å². The van der Waals surface area contributed by atoms with Crippen LogP contribution in [0.3, 0.4) is 0 Å². The smallest absolute Gasteiger partial charge is 0.228 e. The van der Waals surface area contributed by atoms with E-state index >= 15 is 0 Å². The van der Waals surface area contributed by atoms with Gasteiger partial charge in [-0.15, -0.1) is 0 Å². The zero-order chi connectivity index (χ0) is 14.3. The molecule has 108 valence electrons. The molecule has 1 heterocycles. The highest BCUT2D eigenvalue weighted by atomic mass is 79.9. The molecule has 1 aromatic carbocycles. The van der Waals surface area contributed by atoms with Crippen LogP contribution in [0.4, 0.5) is 5.69 Å². The second kappa shape index (κ2) is 5.34. The Hall–Kier alpha value is -0.540. The van der Waals surface area contributed by atoms with Gasteiger partial charge in [0.2, 0.25) is 5.91 Å². The van der Waals surface area contributed by atoms with Gasteiger partial charge in [-0.05, 0) is 35.4 Å². The molecule has 3 rings (SSSR count). The number of hydrogen-bond donors (Lipinski definition) is 1. The van der Waals surface area contributed by atoms with Gasteiger partial charge in [-0.2, -0.15) is 0 Å². The van der Waals surface area contributed by atoms with Crippen molar-refractivity contribution in [2.45, 2.75) is 50.3 Å². The third-order valence-electron chi connectivity index (χ3n) is 4.73. The number of carbonyl (C=O) groups excluding carboxylic acids is 1. The number of nitrogens with one attached hydrogen (secondary N) is 1. The van der Waals surface area contributed by atoms with E-state index in [0.29, 0.717) is 6.42 Å². The predicted molar refractivity (Wildman–Crippen MR) is 86.6 cm³/mol. The van der Waals surface area contributed by atoms with Gasteiger partial charge >= 0.3 is 0 Å². The zero-order valence-electron chi connectivity index (χ0n) is 11.6. The lowest BCUT2D eigenvalue weighted by atomic mass is 9.71. The molecule has 1 saturated carbocycles. The maximum Gasteiger partial charge on any atom is 0.228 e. The van der Waals surface area contributed by atoms with E-state index < -0.39 is 0 Å². The van der Waals surface area contributed by atoms with E-state index in [1.54, 1.807) is 0 Å². The summed E-state index contributed by atoms with van der Waals surface area (Å²) in [4.78, 5) is 11.7. The van der Waals surface area contributed by atoms with Gasteiger partial charge in [-0.25, -0.2) is 0 Å². The SMILES string of the molecule is CC1(C(Br)c2cc3c(cc2Cl)NC(=O)C3)CCCCC1. The maximum absolute atomic E-state index is 11.5. The molecule has 1 aliphatic carbocycles. The average Bonchev–Trinajstić information content (AvgIpc) is 2.77. The number of carbonyl (C=O) groups is 1. The van der Waals surface area contributed by atoms with E-state index in [0.717, 1.165) is 21.8 Å². The molecule has 1 atom stereocenters. The van der Waals surface area contributed by atoms with Crippen LogP contribution in [0.15, 0.2) is 12.1 Å². The van der Waals surface area contributed by atoms with Gasteiger partial charge in [0.1, 0.15) is 0 Å². The van der Waals surface area contributed by atoms with Gasteiger partial charge in [0.15, 0.2) is 0 Å². The highest BCUT2D eigenvalue weighted by Crippen LogP contribution is 2.52. The van der Waals surface area contributed by atoms with E-state index in [-0.39, 0.29) is 16.1 Å². The first-order valence-electron chi connectivity index (χ1n) is 7.26. The number of amides is 1. The number of hydrogen-bond acceptors (Lipinski definition) is 1. The van der Waals surface area contributed by atoms with Crippen molar-refractivity contribution in [3.8, 4) is 0 Å². The summed E-state index contributed by atoms with van der Waals surface area (Å²) in [5.41, 5.74) is 3.33. The quantitative estimate of drug-likeness (QED) is 0.721. The lowest BCUT2D eigenvalue weighted by Gasteiger charge is -2.38. The summed E-state index contributed by atoms with van der Waals surface area (Å²) in [6.45, 7) is 2.35. The number of benzene rings is 1. The molecule has 1 amide bonds. The summed E-state index contributed by atoms with van der Waals surface area (Å²) >= 11 is 10.3. The van der Waals surface area contributed by atoms with Crippen LogP contribution in [0, 0.1) is 5.41 Å². The fourth-order valence-electron chi connectivity index (χ4n) is 3.45. The van der Waals surface area contributed by atoms with Crippen molar-refractivity contribution in [3.63, 3.8) is 0 Å². The van der Waals surface area contributed by atoms with Crippen molar-refractivity contribution in [1.82, 2.24) is 0 Å². The van der Waals surface area contributed by atoms with Crippen molar-refractivity contribution < 1.29 is 4.79 Å². The first-order valence-corrected chi connectivity index (χ1v) is 8.55. The van der Waals surface area contributed by atoms with Crippen LogP contribution in [0.5, 0.6) is 0 Å². The highest BCUT2D eigenvalue weighted by Gasteiger charge is 2.36. The minimum Gasteiger partial charge on any atom is -0.325 e. The predicted octanol–water partition coefficient (Wildman–Crippen LogP) is 5.24. The molecule has 4 heteroatoms. The Morgan fingerprint density at radius 2 is 2.00 bits per heavy atom. The molecule has 0 bridgehead atoms. The van der Waals surface area contributed by atoms with Crippen LogP contribution < -0.4 is 5.32 Å². The van der Waals surface area contributed by atoms with Crippen molar-refractivity contribution in [2.75, 3.05) is 5.32 Å². The average molecular weight is 357 g/mol. The molecule has 1 fully saturated rings. The summed E-state index contributed by atoms with van der Waals surface area (Å²) in [5, 5.41) is 3.60. The van der Waals surface area contributed by atoms with E-state index in [2.05, 4.69) is 34.2 Å². The third-order valence-corrected chi connectivity index (χ3v) is 6.65. The van der Waals surface area contributed by atoms with Crippen molar-refractivity contribution in [2.24, 2.45) is 5.41 Å². The Kier molecular flexibility index (Phi) is 3.85. The largest absolute Gasteiger partial charge is 0.325 e. The normalized spacial score (nSPS) is 22.2. The lowest BCUT2D eigenvalue weighted by molar-refractivity contribution is -0.115. The first-order chi connectivity index (χ1) is 9.49. The van der Waals surface area contributed by atoms with Crippen LogP contribution in [-0.4, -0.2) is 5.91 Å². The van der Waals surface area contributed by atoms with Crippen LogP contribution >= 0.6 is 27.5 Å². The lowest BCUT2D eigenvalue weighted by Crippen LogP contribution is -2.25. The van der Waals surface area contributed by atoms with Gasteiger partial charge in [0, 0.05) is 15.5 Å². The van der Waals surface area contributed by atoms with E-state index in [9.17, 15) is 4.79 Å². The van der Waals surface area contributed by atoms with Gasteiger partial charge in [0.05, 0.1) is 6.42 Å². The number of anilines is 1. The van der Waals surface area contributed by atoms with E-state index in [4.69, 9.17) is 11.6 Å². The van der Waals surface area contributed by atoms with E-state index in [1.165, 1.54) is 32.1 Å². The molecule has 1 aromatic rings. The molecular formula is C16H19BrClNO. The number of fused-ring (bicyclic) bond motifs is 1. The summed E-state index contributed by atoms with van der Waals surface area (Å²) in [6.07, 6.45) is 6.85.